The van der Waals surface area contributed by atoms with E-state index in [0.29, 0.717) is 6.54 Å². The molecule has 0 amide bonds. The van der Waals surface area contributed by atoms with Gasteiger partial charge in [0.1, 0.15) is 18.0 Å². The molecule has 0 radical (unpaired) electrons. The van der Waals surface area contributed by atoms with Crippen molar-refractivity contribution in [3.63, 3.8) is 0 Å². The lowest BCUT2D eigenvalue weighted by molar-refractivity contribution is 0.869. The number of nitrogens with two attached hydrogens (primary N) is 1. The van der Waals surface area contributed by atoms with E-state index < -0.39 is 0 Å². The summed E-state index contributed by atoms with van der Waals surface area (Å²) in [7, 11) is 0. The highest BCUT2D eigenvalue weighted by molar-refractivity contribution is 9.10. The van der Waals surface area contributed by atoms with Crippen LogP contribution in [0, 0.1) is 6.92 Å². The van der Waals surface area contributed by atoms with E-state index >= 15 is 0 Å². The molecule has 0 bridgehead atoms. The van der Waals surface area contributed by atoms with Crippen LogP contribution in [0.4, 0.5) is 17.3 Å². The predicted molar refractivity (Wildman–Crippen MR) is 86.4 cm³/mol. The lowest BCUT2D eigenvalue weighted by Crippen LogP contribution is -2.09. The van der Waals surface area contributed by atoms with Gasteiger partial charge in [-0.2, -0.15) is 0 Å². The van der Waals surface area contributed by atoms with Crippen molar-refractivity contribution in [1.82, 2.24) is 9.97 Å². The first-order valence-electron chi connectivity index (χ1n) is 6.48. The van der Waals surface area contributed by atoms with Gasteiger partial charge >= 0.3 is 0 Å². The molecule has 1 aromatic carbocycles. The first-order chi connectivity index (χ1) is 9.69. The highest BCUT2D eigenvalue weighted by atomic mass is 79.9. The molecule has 0 aliphatic rings. The number of aromatic nitrogens is 2. The number of anilines is 3. The average molecular weight is 336 g/mol. The Hall–Kier alpha value is -1.66. The number of rotatable bonds is 6. The number of hydrogen-bond donors (Lipinski definition) is 3. The highest BCUT2D eigenvalue weighted by Gasteiger charge is 2.01. The first kappa shape index (κ1) is 14.7. The first-order valence-corrected chi connectivity index (χ1v) is 7.27. The summed E-state index contributed by atoms with van der Waals surface area (Å²) in [5.41, 5.74) is 7.64. The van der Waals surface area contributed by atoms with Crippen molar-refractivity contribution >= 4 is 33.3 Å². The molecule has 106 valence electrons. The van der Waals surface area contributed by atoms with Crippen molar-refractivity contribution in [2.24, 2.45) is 5.73 Å². The number of hydrogen-bond acceptors (Lipinski definition) is 5. The maximum atomic E-state index is 5.46. The second-order valence-electron chi connectivity index (χ2n) is 4.45. The summed E-state index contributed by atoms with van der Waals surface area (Å²) in [5.74, 6) is 1.55. The van der Waals surface area contributed by atoms with Gasteiger partial charge in [-0.25, -0.2) is 9.97 Å². The molecule has 2 aromatic rings. The summed E-state index contributed by atoms with van der Waals surface area (Å²) in [6, 6.07) is 7.97. The number of nitrogens with one attached hydrogen (secondary N) is 2. The topological polar surface area (TPSA) is 75.9 Å². The van der Waals surface area contributed by atoms with E-state index in [1.807, 2.05) is 24.3 Å². The van der Waals surface area contributed by atoms with Gasteiger partial charge in [-0.3, -0.25) is 0 Å². The molecule has 0 saturated heterocycles. The van der Waals surface area contributed by atoms with E-state index in [9.17, 15) is 0 Å². The van der Waals surface area contributed by atoms with Gasteiger partial charge in [0, 0.05) is 22.8 Å². The Morgan fingerprint density at radius 2 is 2.00 bits per heavy atom. The Labute approximate surface area is 127 Å². The fraction of sp³-hybridized carbons (Fsp3) is 0.286. The van der Waals surface area contributed by atoms with Crippen molar-refractivity contribution in [3.05, 3.63) is 40.6 Å². The third-order valence-electron chi connectivity index (χ3n) is 2.80. The van der Waals surface area contributed by atoms with Crippen LogP contribution in [0.15, 0.2) is 35.1 Å². The van der Waals surface area contributed by atoms with Crippen LogP contribution in [0.3, 0.4) is 0 Å². The molecule has 20 heavy (non-hydrogen) atoms. The van der Waals surface area contributed by atoms with Gasteiger partial charge in [-0.15, -0.1) is 0 Å². The van der Waals surface area contributed by atoms with E-state index in [4.69, 9.17) is 5.73 Å². The highest BCUT2D eigenvalue weighted by Crippen LogP contribution is 2.23. The number of benzene rings is 1. The molecular weight excluding hydrogens is 318 g/mol. The Morgan fingerprint density at radius 1 is 1.20 bits per heavy atom. The maximum Gasteiger partial charge on any atom is 0.135 e. The average Bonchev–Trinajstić information content (AvgIpc) is 2.44. The molecule has 0 aliphatic carbocycles. The quantitative estimate of drug-likeness (QED) is 0.707. The van der Waals surface area contributed by atoms with Crippen molar-refractivity contribution in [2.45, 2.75) is 13.3 Å². The fourth-order valence-corrected chi connectivity index (χ4v) is 2.04. The minimum absolute atomic E-state index is 0.667. The maximum absolute atomic E-state index is 5.46. The van der Waals surface area contributed by atoms with Crippen LogP contribution in [0.1, 0.15) is 12.0 Å². The van der Waals surface area contributed by atoms with Crippen LogP contribution in [-0.2, 0) is 0 Å². The standard InChI is InChI=1S/C14H18BrN5/c1-10-3-4-11(7-12(10)15)20-14-8-13(18-9-19-14)17-6-2-5-16/h3-4,7-9H,2,5-6,16H2,1H3,(H2,17,18,19,20). The molecule has 1 heterocycles. The van der Waals surface area contributed by atoms with Crippen molar-refractivity contribution in [1.29, 1.82) is 0 Å². The van der Waals surface area contributed by atoms with Gasteiger partial charge in [0.05, 0.1) is 0 Å². The molecule has 0 saturated carbocycles. The van der Waals surface area contributed by atoms with Crippen LogP contribution in [0.5, 0.6) is 0 Å². The van der Waals surface area contributed by atoms with Crippen molar-refractivity contribution < 1.29 is 0 Å². The molecule has 0 unspecified atom stereocenters. The number of aryl methyl sites for hydroxylation is 1. The van der Waals surface area contributed by atoms with Gasteiger partial charge in [-0.1, -0.05) is 22.0 Å². The molecule has 0 fully saturated rings. The zero-order chi connectivity index (χ0) is 14.4. The van der Waals surface area contributed by atoms with Gasteiger partial charge in [0.2, 0.25) is 0 Å². The lowest BCUT2D eigenvalue weighted by atomic mass is 10.2. The van der Waals surface area contributed by atoms with Gasteiger partial charge < -0.3 is 16.4 Å². The Kier molecular flexibility index (Phi) is 5.31. The monoisotopic (exact) mass is 335 g/mol. The normalized spacial score (nSPS) is 10.3. The fourth-order valence-electron chi connectivity index (χ4n) is 1.66. The third kappa shape index (κ3) is 4.18. The minimum Gasteiger partial charge on any atom is -0.370 e. The zero-order valence-electron chi connectivity index (χ0n) is 11.4. The second-order valence-corrected chi connectivity index (χ2v) is 5.30. The van der Waals surface area contributed by atoms with E-state index in [1.165, 1.54) is 11.9 Å². The Morgan fingerprint density at radius 3 is 2.75 bits per heavy atom. The van der Waals surface area contributed by atoms with Gasteiger partial charge in [0.15, 0.2) is 0 Å². The molecular formula is C14H18BrN5. The summed E-state index contributed by atoms with van der Waals surface area (Å²) in [5, 5.41) is 6.47. The molecule has 1 aromatic heterocycles. The van der Waals surface area contributed by atoms with Gasteiger partial charge in [-0.05, 0) is 37.6 Å². The molecule has 0 aliphatic heterocycles. The van der Waals surface area contributed by atoms with Crippen LogP contribution >= 0.6 is 15.9 Å². The largest absolute Gasteiger partial charge is 0.370 e. The SMILES string of the molecule is Cc1ccc(Nc2cc(NCCCN)ncn2)cc1Br. The van der Waals surface area contributed by atoms with Crippen molar-refractivity contribution in [3.8, 4) is 0 Å². The number of nitrogens with zero attached hydrogens (tertiary/aromatic N) is 2. The zero-order valence-corrected chi connectivity index (χ0v) is 12.9. The van der Waals surface area contributed by atoms with E-state index in [-0.39, 0.29) is 0 Å². The molecule has 0 spiro atoms. The Balaban J connectivity index is 2.05. The van der Waals surface area contributed by atoms with Crippen LogP contribution in [0.25, 0.3) is 0 Å². The van der Waals surface area contributed by atoms with Gasteiger partial charge in [0.25, 0.3) is 0 Å². The second kappa shape index (κ2) is 7.21. The summed E-state index contributed by atoms with van der Waals surface area (Å²) in [6.07, 6.45) is 2.45. The van der Waals surface area contributed by atoms with Crippen LogP contribution in [-0.4, -0.2) is 23.1 Å². The lowest BCUT2D eigenvalue weighted by Gasteiger charge is -2.09. The molecule has 2 rings (SSSR count). The third-order valence-corrected chi connectivity index (χ3v) is 3.65. The van der Waals surface area contributed by atoms with Crippen LogP contribution < -0.4 is 16.4 Å². The van der Waals surface area contributed by atoms with Crippen molar-refractivity contribution in [2.75, 3.05) is 23.7 Å². The van der Waals surface area contributed by atoms with E-state index in [0.717, 1.165) is 34.8 Å². The Bertz CT molecular complexity index is 573. The molecule has 6 heteroatoms. The van der Waals surface area contributed by atoms with Crippen LogP contribution in [0.2, 0.25) is 0 Å². The molecule has 0 atom stereocenters. The molecule has 4 N–H and O–H groups in total. The molecule has 5 nitrogen and oxygen atoms in total. The van der Waals surface area contributed by atoms with E-state index in [1.54, 1.807) is 0 Å². The summed E-state index contributed by atoms with van der Waals surface area (Å²) >= 11 is 3.52. The summed E-state index contributed by atoms with van der Waals surface area (Å²) < 4.78 is 1.07. The summed E-state index contributed by atoms with van der Waals surface area (Å²) in [6.45, 7) is 3.53. The predicted octanol–water partition coefficient (Wildman–Crippen LogP) is 3.05. The van der Waals surface area contributed by atoms with E-state index in [2.05, 4.69) is 43.5 Å². The summed E-state index contributed by atoms with van der Waals surface area (Å²) in [4.78, 5) is 8.38. The number of halogens is 1. The smallest absolute Gasteiger partial charge is 0.135 e. The minimum atomic E-state index is 0.667.